The summed E-state index contributed by atoms with van der Waals surface area (Å²) in [5.41, 5.74) is 0.660. The van der Waals surface area contributed by atoms with Crippen LogP contribution in [0.5, 0.6) is 11.5 Å². The van der Waals surface area contributed by atoms with E-state index >= 15 is 0 Å². The first kappa shape index (κ1) is 16.1. The molecule has 0 fully saturated rings. The van der Waals surface area contributed by atoms with Gasteiger partial charge in [-0.25, -0.2) is 0 Å². The van der Waals surface area contributed by atoms with E-state index in [4.69, 9.17) is 9.47 Å². The molecular weight excluding hydrogens is 284 g/mol. The highest BCUT2D eigenvalue weighted by Gasteiger charge is 2.15. The van der Waals surface area contributed by atoms with E-state index in [1.807, 2.05) is 13.8 Å². The number of ether oxygens (including phenoxy) is 2. The fourth-order valence-corrected chi connectivity index (χ4v) is 2.35. The van der Waals surface area contributed by atoms with Gasteiger partial charge in [-0.3, -0.25) is 9.59 Å². The van der Waals surface area contributed by atoms with Crippen molar-refractivity contribution < 1.29 is 19.1 Å². The van der Waals surface area contributed by atoms with Gasteiger partial charge in [0.1, 0.15) is 13.2 Å². The van der Waals surface area contributed by atoms with E-state index < -0.39 is 0 Å². The van der Waals surface area contributed by atoms with Gasteiger partial charge in [-0.05, 0) is 26.0 Å². The zero-order valence-electron chi connectivity index (χ0n) is 13.2. The number of anilines is 1. The molecule has 1 aromatic carbocycles. The molecule has 120 valence electrons. The number of nitrogens with one attached hydrogen (secondary N) is 1. The minimum Gasteiger partial charge on any atom is -0.486 e. The minimum atomic E-state index is -0.136. The molecule has 0 bridgehead atoms. The smallest absolute Gasteiger partial charge is 0.226 e. The molecule has 2 amide bonds. The normalized spacial score (nSPS) is 12.9. The lowest BCUT2D eigenvalue weighted by Gasteiger charge is -2.25. The molecule has 2 rings (SSSR count). The molecule has 22 heavy (non-hydrogen) atoms. The number of amides is 2. The molecule has 0 saturated heterocycles. The third-order valence-corrected chi connectivity index (χ3v) is 3.43. The minimum absolute atomic E-state index is 0.0258. The first-order valence-corrected chi connectivity index (χ1v) is 7.44. The summed E-state index contributed by atoms with van der Waals surface area (Å²) in [7, 11) is 0. The Morgan fingerprint density at radius 2 is 1.91 bits per heavy atom. The monoisotopic (exact) mass is 306 g/mol. The van der Waals surface area contributed by atoms with Crippen LogP contribution in [0, 0.1) is 0 Å². The highest BCUT2D eigenvalue weighted by molar-refractivity contribution is 5.91. The lowest BCUT2D eigenvalue weighted by atomic mass is 10.2. The van der Waals surface area contributed by atoms with Gasteiger partial charge < -0.3 is 19.7 Å². The number of benzene rings is 1. The lowest BCUT2D eigenvalue weighted by molar-refractivity contribution is -0.130. The second kappa shape index (κ2) is 7.15. The van der Waals surface area contributed by atoms with E-state index in [0.29, 0.717) is 36.9 Å². The predicted molar refractivity (Wildman–Crippen MR) is 83.2 cm³/mol. The van der Waals surface area contributed by atoms with Crippen LogP contribution < -0.4 is 14.8 Å². The second-order valence-electron chi connectivity index (χ2n) is 5.46. The van der Waals surface area contributed by atoms with Gasteiger partial charge in [0.25, 0.3) is 0 Å². The Bertz CT molecular complexity index is 557. The molecule has 1 aromatic rings. The van der Waals surface area contributed by atoms with Crippen molar-refractivity contribution in [1.29, 1.82) is 0 Å². The Labute approximate surface area is 130 Å². The van der Waals surface area contributed by atoms with Gasteiger partial charge >= 0.3 is 0 Å². The molecule has 0 spiro atoms. The third-order valence-electron chi connectivity index (χ3n) is 3.43. The molecular formula is C16H22N2O4. The first-order valence-electron chi connectivity index (χ1n) is 7.44. The summed E-state index contributed by atoms with van der Waals surface area (Å²) < 4.78 is 10.9. The van der Waals surface area contributed by atoms with Crippen LogP contribution >= 0.6 is 0 Å². The van der Waals surface area contributed by atoms with Crippen molar-refractivity contribution in [3.05, 3.63) is 18.2 Å². The number of carbonyl (C=O) groups excluding carboxylic acids is 2. The summed E-state index contributed by atoms with van der Waals surface area (Å²) in [4.78, 5) is 25.2. The van der Waals surface area contributed by atoms with Crippen LogP contribution in [0.1, 0.15) is 27.2 Å². The molecule has 0 unspecified atom stereocenters. The predicted octanol–water partition coefficient (Wildman–Crippen LogP) is 2.04. The third kappa shape index (κ3) is 4.13. The molecule has 0 atom stereocenters. The Hall–Kier alpha value is -2.24. The number of hydrogen-bond acceptors (Lipinski definition) is 4. The van der Waals surface area contributed by atoms with Gasteiger partial charge in [-0.2, -0.15) is 0 Å². The fraction of sp³-hybridized carbons (Fsp3) is 0.500. The van der Waals surface area contributed by atoms with Gasteiger partial charge in [-0.15, -0.1) is 0 Å². The summed E-state index contributed by atoms with van der Waals surface area (Å²) in [5, 5.41) is 2.81. The lowest BCUT2D eigenvalue weighted by Crippen LogP contribution is -2.37. The van der Waals surface area contributed by atoms with E-state index in [2.05, 4.69) is 5.32 Å². The van der Waals surface area contributed by atoms with Gasteiger partial charge in [0.05, 0.1) is 0 Å². The summed E-state index contributed by atoms with van der Waals surface area (Å²) in [5.74, 6) is 1.16. The number of nitrogens with zero attached hydrogens (tertiary/aromatic N) is 1. The van der Waals surface area contributed by atoms with Crippen molar-refractivity contribution in [2.75, 3.05) is 25.1 Å². The molecule has 1 aliphatic rings. The molecule has 6 nitrogen and oxygen atoms in total. The van der Waals surface area contributed by atoms with Crippen molar-refractivity contribution in [1.82, 2.24) is 4.90 Å². The van der Waals surface area contributed by atoms with Crippen LogP contribution in [0.15, 0.2) is 18.2 Å². The first-order chi connectivity index (χ1) is 10.5. The van der Waals surface area contributed by atoms with Crippen molar-refractivity contribution in [3.8, 4) is 11.5 Å². The molecule has 0 aliphatic carbocycles. The van der Waals surface area contributed by atoms with E-state index in [-0.39, 0.29) is 24.3 Å². The Morgan fingerprint density at radius 3 is 2.55 bits per heavy atom. The largest absolute Gasteiger partial charge is 0.486 e. The molecule has 0 saturated carbocycles. The Balaban J connectivity index is 1.90. The van der Waals surface area contributed by atoms with E-state index in [1.165, 1.54) is 6.92 Å². The Kier molecular flexibility index (Phi) is 5.25. The van der Waals surface area contributed by atoms with Crippen LogP contribution in [-0.2, 0) is 9.59 Å². The molecule has 0 aromatic heterocycles. The average molecular weight is 306 g/mol. The number of rotatable bonds is 5. The van der Waals surface area contributed by atoms with E-state index in [0.717, 1.165) is 0 Å². The summed E-state index contributed by atoms with van der Waals surface area (Å²) >= 11 is 0. The molecule has 6 heteroatoms. The number of hydrogen-bond donors (Lipinski definition) is 1. The highest BCUT2D eigenvalue weighted by atomic mass is 16.6. The van der Waals surface area contributed by atoms with Gasteiger partial charge in [0, 0.05) is 37.7 Å². The van der Waals surface area contributed by atoms with Gasteiger partial charge in [0.2, 0.25) is 11.8 Å². The van der Waals surface area contributed by atoms with Crippen molar-refractivity contribution in [2.24, 2.45) is 0 Å². The van der Waals surface area contributed by atoms with E-state index in [9.17, 15) is 9.59 Å². The molecule has 1 N–H and O–H groups in total. The highest BCUT2D eigenvalue weighted by Crippen LogP contribution is 2.32. The van der Waals surface area contributed by atoms with Crippen LogP contribution in [0.4, 0.5) is 5.69 Å². The standard InChI is InChI=1S/C16H22N2O4/c1-11(2)18(12(3)19)7-6-16(20)17-13-4-5-14-15(10-13)22-9-8-21-14/h4-5,10-11H,6-9H2,1-3H3,(H,17,20). The quantitative estimate of drug-likeness (QED) is 0.904. The maximum absolute atomic E-state index is 12.0. The molecule has 0 radical (unpaired) electrons. The van der Waals surface area contributed by atoms with Crippen LogP contribution in [0.2, 0.25) is 0 Å². The van der Waals surface area contributed by atoms with Crippen LogP contribution in [0.25, 0.3) is 0 Å². The van der Waals surface area contributed by atoms with Gasteiger partial charge in [0.15, 0.2) is 11.5 Å². The summed E-state index contributed by atoms with van der Waals surface area (Å²) in [6.07, 6.45) is 0.256. The maximum Gasteiger partial charge on any atom is 0.226 e. The maximum atomic E-state index is 12.0. The summed E-state index contributed by atoms with van der Waals surface area (Å²) in [6.45, 7) is 6.82. The van der Waals surface area contributed by atoms with Crippen LogP contribution in [-0.4, -0.2) is 42.5 Å². The number of fused-ring (bicyclic) bond motifs is 1. The van der Waals surface area contributed by atoms with E-state index in [1.54, 1.807) is 23.1 Å². The molecule has 1 heterocycles. The number of carbonyl (C=O) groups is 2. The fourth-order valence-electron chi connectivity index (χ4n) is 2.35. The second-order valence-corrected chi connectivity index (χ2v) is 5.46. The zero-order valence-corrected chi connectivity index (χ0v) is 13.2. The van der Waals surface area contributed by atoms with Crippen molar-refractivity contribution >= 4 is 17.5 Å². The molecule has 1 aliphatic heterocycles. The van der Waals surface area contributed by atoms with Crippen LogP contribution in [0.3, 0.4) is 0 Å². The SMILES string of the molecule is CC(=O)N(CCC(=O)Nc1ccc2c(c1)OCCO2)C(C)C. The topological polar surface area (TPSA) is 67.9 Å². The Morgan fingerprint density at radius 1 is 1.23 bits per heavy atom. The van der Waals surface area contributed by atoms with Gasteiger partial charge in [-0.1, -0.05) is 0 Å². The average Bonchev–Trinajstić information content (AvgIpc) is 2.46. The summed E-state index contributed by atoms with van der Waals surface area (Å²) in [6, 6.07) is 5.38. The van der Waals surface area contributed by atoms with Crippen molar-refractivity contribution in [2.45, 2.75) is 33.2 Å². The van der Waals surface area contributed by atoms with Crippen molar-refractivity contribution in [3.63, 3.8) is 0 Å². The zero-order chi connectivity index (χ0) is 16.1.